The van der Waals surface area contributed by atoms with Gasteiger partial charge in [-0.2, -0.15) is 0 Å². The first-order chi connectivity index (χ1) is 12.9. The molecule has 0 saturated carbocycles. The molecule has 2 amide bonds. The summed E-state index contributed by atoms with van der Waals surface area (Å²) in [7, 11) is 0. The van der Waals surface area contributed by atoms with Crippen molar-refractivity contribution >= 4 is 17.5 Å². The Kier molecular flexibility index (Phi) is 5.46. The Morgan fingerprint density at radius 3 is 2.48 bits per heavy atom. The number of hydrogen-bond acceptors (Lipinski definition) is 5. The minimum Gasteiger partial charge on any atom is -0.348 e. The van der Waals surface area contributed by atoms with Crippen LogP contribution in [0.5, 0.6) is 0 Å². The Balaban J connectivity index is 1.65. The number of nitro benzene ring substituents is 1. The largest absolute Gasteiger partial charge is 0.348 e. The van der Waals surface area contributed by atoms with Crippen molar-refractivity contribution in [2.45, 2.75) is 31.6 Å². The maximum absolute atomic E-state index is 12.6. The van der Waals surface area contributed by atoms with Crippen LogP contribution in [0.25, 0.3) is 0 Å². The number of benzene rings is 2. The van der Waals surface area contributed by atoms with E-state index in [9.17, 15) is 19.7 Å². The van der Waals surface area contributed by atoms with Crippen LogP contribution in [0.1, 0.15) is 36.7 Å². The number of nitrogens with one attached hydrogen (secondary N) is 3. The van der Waals surface area contributed by atoms with Gasteiger partial charge in [-0.15, -0.1) is 0 Å². The molecular weight excluding hydrogens is 348 g/mol. The zero-order chi connectivity index (χ0) is 19.4. The van der Waals surface area contributed by atoms with Crippen molar-refractivity contribution in [2.75, 3.05) is 0 Å². The van der Waals surface area contributed by atoms with Gasteiger partial charge in [-0.1, -0.05) is 42.5 Å². The second-order valence-corrected chi connectivity index (χ2v) is 6.41. The van der Waals surface area contributed by atoms with E-state index in [1.165, 1.54) is 12.1 Å². The van der Waals surface area contributed by atoms with Gasteiger partial charge in [0, 0.05) is 12.1 Å². The third-order valence-corrected chi connectivity index (χ3v) is 4.47. The molecule has 27 heavy (non-hydrogen) atoms. The van der Waals surface area contributed by atoms with E-state index in [0.717, 1.165) is 11.1 Å². The fourth-order valence-electron chi connectivity index (χ4n) is 2.98. The second kappa shape index (κ2) is 7.96. The van der Waals surface area contributed by atoms with Gasteiger partial charge in [0.15, 0.2) is 0 Å². The summed E-state index contributed by atoms with van der Waals surface area (Å²) in [6.45, 7) is 1.79. The van der Waals surface area contributed by atoms with Crippen LogP contribution in [-0.4, -0.2) is 22.8 Å². The lowest BCUT2D eigenvalue weighted by molar-refractivity contribution is -0.384. The molecule has 8 heteroatoms. The number of hydrogen-bond donors (Lipinski definition) is 3. The number of nitrogens with zero attached hydrogens (tertiary/aromatic N) is 1. The molecule has 140 valence electrons. The summed E-state index contributed by atoms with van der Waals surface area (Å²) in [5.74, 6) is -0.498. The normalized spacial score (nSPS) is 20.4. The lowest BCUT2D eigenvalue weighted by Gasteiger charge is -2.31. The van der Waals surface area contributed by atoms with Gasteiger partial charge in [0.2, 0.25) is 11.8 Å². The molecule has 0 spiro atoms. The van der Waals surface area contributed by atoms with Crippen molar-refractivity contribution in [1.82, 2.24) is 16.0 Å². The molecule has 1 heterocycles. The number of carbonyl (C=O) groups is 2. The van der Waals surface area contributed by atoms with Gasteiger partial charge in [0.1, 0.15) is 6.17 Å². The molecule has 0 aliphatic carbocycles. The molecule has 8 nitrogen and oxygen atoms in total. The van der Waals surface area contributed by atoms with E-state index in [-0.39, 0.29) is 30.0 Å². The van der Waals surface area contributed by atoms with Crippen molar-refractivity contribution in [3.05, 3.63) is 75.8 Å². The molecule has 0 radical (unpaired) electrons. The zero-order valence-electron chi connectivity index (χ0n) is 14.7. The first-order valence-electron chi connectivity index (χ1n) is 8.59. The highest BCUT2D eigenvalue weighted by Gasteiger charge is 2.31. The van der Waals surface area contributed by atoms with Crippen molar-refractivity contribution in [1.29, 1.82) is 0 Å². The predicted octanol–water partition coefficient (Wildman–Crippen LogP) is 1.95. The van der Waals surface area contributed by atoms with Crippen LogP contribution >= 0.6 is 0 Å². The first-order valence-corrected chi connectivity index (χ1v) is 8.59. The van der Waals surface area contributed by atoms with E-state index in [4.69, 9.17) is 0 Å². The average molecular weight is 368 g/mol. The van der Waals surface area contributed by atoms with Crippen LogP contribution in [-0.2, 0) is 9.59 Å². The molecule has 0 aromatic heterocycles. The van der Waals surface area contributed by atoms with Gasteiger partial charge in [-0.25, -0.2) is 0 Å². The van der Waals surface area contributed by atoms with Crippen LogP contribution in [0.3, 0.4) is 0 Å². The molecule has 2 unspecified atom stereocenters. The Morgan fingerprint density at radius 1 is 1.19 bits per heavy atom. The van der Waals surface area contributed by atoms with Gasteiger partial charge >= 0.3 is 0 Å². The van der Waals surface area contributed by atoms with E-state index in [1.807, 2.05) is 30.3 Å². The zero-order valence-corrected chi connectivity index (χ0v) is 14.7. The molecule has 1 saturated heterocycles. The Hall–Kier alpha value is -3.26. The number of carbonyl (C=O) groups excluding carboxylic acids is 2. The topological polar surface area (TPSA) is 113 Å². The monoisotopic (exact) mass is 368 g/mol. The lowest BCUT2D eigenvalue weighted by atomic mass is 10.0. The summed E-state index contributed by atoms with van der Waals surface area (Å²) >= 11 is 0. The van der Waals surface area contributed by atoms with Crippen molar-refractivity contribution in [3.8, 4) is 0 Å². The van der Waals surface area contributed by atoms with Gasteiger partial charge < -0.3 is 10.6 Å². The molecule has 1 aliphatic rings. The standard InChI is InChI=1S/C19H20N4O4/c1-12(13-7-9-15(10-8-13)23(26)27)20-19(25)16-11-17(24)22-18(21-16)14-5-3-2-4-6-14/h2-10,12,16,18,21H,11H2,1H3,(H,20,25)(H,22,24)/t12-,16?,18?/m0/s1. The predicted molar refractivity (Wildman–Crippen MR) is 98.5 cm³/mol. The summed E-state index contributed by atoms with van der Waals surface area (Å²) in [6.07, 6.45) is -0.389. The van der Waals surface area contributed by atoms with Crippen LogP contribution in [0.2, 0.25) is 0 Å². The summed E-state index contributed by atoms with van der Waals surface area (Å²) in [6, 6.07) is 14.4. The lowest BCUT2D eigenvalue weighted by Crippen LogP contribution is -2.56. The van der Waals surface area contributed by atoms with Crippen LogP contribution in [0.15, 0.2) is 54.6 Å². The quantitative estimate of drug-likeness (QED) is 0.551. The number of nitro groups is 1. The molecule has 1 fully saturated rings. The number of rotatable bonds is 5. The fourth-order valence-corrected chi connectivity index (χ4v) is 2.98. The summed E-state index contributed by atoms with van der Waals surface area (Å²) in [5, 5.41) is 19.6. The van der Waals surface area contributed by atoms with Gasteiger partial charge in [-0.05, 0) is 18.1 Å². The number of amides is 2. The third-order valence-electron chi connectivity index (χ3n) is 4.47. The smallest absolute Gasteiger partial charge is 0.269 e. The highest BCUT2D eigenvalue weighted by molar-refractivity contribution is 5.89. The molecule has 3 N–H and O–H groups in total. The average Bonchev–Trinajstić information content (AvgIpc) is 2.68. The van der Waals surface area contributed by atoms with E-state index < -0.39 is 17.1 Å². The molecule has 3 rings (SSSR count). The van der Waals surface area contributed by atoms with E-state index >= 15 is 0 Å². The van der Waals surface area contributed by atoms with Crippen LogP contribution in [0.4, 0.5) is 5.69 Å². The maximum atomic E-state index is 12.6. The molecule has 2 aromatic rings. The van der Waals surface area contributed by atoms with E-state index in [1.54, 1.807) is 19.1 Å². The van der Waals surface area contributed by atoms with Crippen LogP contribution < -0.4 is 16.0 Å². The highest BCUT2D eigenvalue weighted by Crippen LogP contribution is 2.19. The highest BCUT2D eigenvalue weighted by atomic mass is 16.6. The Morgan fingerprint density at radius 2 is 1.85 bits per heavy atom. The second-order valence-electron chi connectivity index (χ2n) is 6.41. The summed E-state index contributed by atoms with van der Waals surface area (Å²) in [4.78, 5) is 34.9. The fraction of sp³-hybridized carbons (Fsp3) is 0.263. The van der Waals surface area contributed by atoms with Gasteiger partial charge in [-0.3, -0.25) is 25.0 Å². The third kappa shape index (κ3) is 4.48. The minimum atomic E-state index is -0.663. The van der Waals surface area contributed by atoms with Crippen molar-refractivity contribution in [2.24, 2.45) is 0 Å². The summed E-state index contributed by atoms with van der Waals surface area (Å²) in [5.41, 5.74) is 1.61. The van der Waals surface area contributed by atoms with E-state index in [0.29, 0.717) is 0 Å². The SMILES string of the molecule is C[C@H](NC(=O)C1CC(=O)NC(c2ccccc2)N1)c1ccc([N+](=O)[O-])cc1. The molecule has 1 aliphatic heterocycles. The Bertz CT molecular complexity index is 839. The summed E-state index contributed by atoms with van der Waals surface area (Å²) < 4.78 is 0. The Labute approximate surface area is 156 Å². The molecule has 0 bridgehead atoms. The molecular formula is C19H20N4O4. The van der Waals surface area contributed by atoms with Gasteiger partial charge in [0.05, 0.1) is 23.4 Å². The van der Waals surface area contributed by atoms with E-state index in [2.05, 4.69) is 16.0 Å². The molecule has 2 aromatic carbocycles. The minimum absolute atomic E-state index is 0.00593. The van der Waals surface area contributed by atoms with Crippen LogP contribution in [0, 0.1) is 10.1 Å². The molecule has 3 atom stereocenters. The van der Waals surface area contributed by atoms with Crippen molar-refractivity contribution < 1.29 is 14.5 Å². The number of non-ortho nitro benzene ring substituents is 1. The maximum Gasteiger partial charge on any atom is 0.269 e. The van der Waals surface area contributed by atoms with Crippen molar-refractivity contribution in [3.63, 3.8) is 0 Å². The van der Waals surface area contributed by atoms with Gasteiger partial charge in [0.25, 0.3) is 5.69 Å². The first kappa shape index (κ1) is 18.5.